The first kappa shape index (κ1) is 13.6. The summed E-state index contributed by atoms with van der Waals surface area (Å²) in [5, 5.41) is 0.694. The van der Waals surface area contributed by atoms with Crippen LogP contribution in [0, 0.1) is 6.92 Å². The molecule has 22 heavy (non-hydrogen) atoms. The summed E-state index contributed by atoms with van der Waals surface area (Å²) >= 11 is 1.53. The van der Waals surface area contributed by atoms with Gasteiger partial charge < -0.3 is 9.38 Å². The van der Waals surface area contributed by atoms with Crippen molar-refractivity contribution in [2.75, 3.05) is 0 Å². The van der Waals surface area contributed by atoms with Gasteiger partial charge in [0.05, 0.1) is 11.4 Å². The number of hydrogen-bond donors (Lipinski definition) is 1. The van der Waals surface area contributed by atoms with Crippen LogP contribution in [-0.4, -0.2) is 19.4 Å². The number of aryl methyl sites for hydroxylation is 2. The average Bonchev–Trinajstić information content (AvgIpc) is 3.12. The number of hydrogen-bond acceptors (Lipinski definition) is 4. The highest BCUT2D eigenvalue weighted by molar-refractivity contribution is 7.98. The number of imidazole rings is 1. The average molecular weight is 312 g/mol. The fourth-order valence-corrected chi connectivity index (χ4v) is 3.66. The highest BCUT2D eigenvalue weighted by Gasteiger charge is 2.17. The third-order valence-electron chi connectivity index (χ3n) is 4.02. The molecule has 0 saturated carbocycles. The second kappa shape index (κ2) is 5.28. The molecule has 112 valence electrons. The van der Waals surface area contributed by atoms with Crippen LogP contribution in [0.3, 0.4) is 0 Å². The van der Waals surface area contributed by atoms with E-state index in [-0.39, 0.29) is 5.56 Å². The number of nitrogens with one attached hydrogen (secondary N) is 1. The van der Waals surface area contributed by atoms with Gasteiger partial charge in [0.2, 0.25) is 0 Å². The Kier molecular flexibility index (Phi) is 3.26. The number of H-pyrrole nitrogens is 1. The topological polar surface area (TPSA) is 63.0 Å². The van der Waals surface area contributed by atoms with Crippen molar-refractivity contribution in [2.45, 2.75) is 37.1 Å². The van der Waals surface area contributed by atoms with Crippen molar-refractivity contribution in [1.29, 1.82) is 0 Å². The van der Waals surface area contributed by atoms with E-state index in [0.29, 0.717) is 10.9 Å². The maximum atomic E-state index is 12.0. The number of rotatable bonds is 3. The Labute approximate surface area is 131 Å². The molecule has 0 radical (unpaired) electrons. The predicted octanol–water partition coefficient (Wildman–Crippen LogP) is 2.51. The fourth-order valence-electron chi connectivity index (χ4n) is 2.90. The van der Waals surface area contributed by atoms with Crippen LogP contribution in [0.15, 0.2) is 34.3 Å². The van der Waals surface area contributed by atoms with Gasteiger partial charge in [0, 0.05) is 23.2 Å². The van der Waals surface area contributed by atoms with Crippen LogP contribution < -0.4 is 5.56 Å². The Morgan fingerprint density at radius 2 is 2.23 bits per heavy atom. The van der Waals surface area contributed by atoms with Crippen LogP contribution in [0.5, 0.6) is 0 Å². The van der Waals surface area contributed by atoms with Crippen LogP contribution in [0.25, 0.3) is 5.65 Å². The summed E-state index contributed by atoms with van der Waals surface area (Å²) in [6.07, 6.45) is 4.85. The maximum Gasteiger partial charge on any atom is 0.254 e. The summed E-state index contributed by atoms with van der Waals surface area (Å²) < 4.78 is 2.08. The Morgan fingerprint density at radius 1 is 1.32 bits per heavy atom. The summed E-state index contributed by atoms with van der Waals surface area (Å²) in [6, 6.07) is 6.07. The fraction of sp³-hybridized carbons (Fsp3) is 0.312. The number of nitrogens with zero attached hydrogens (tertiary/aromatic N) is 3. The SMILES string of the molecule is Cc1cccc2nc(CSc3nc4c(c(=O)[nH]3)CCC4)cn12. The van der Waals surface area contributed by atoms with Gasteiger partial charge in [-0.1, -0.05) is 17.8 Å². The Morgan fingerprint density at radius 3 is 3.09 bits per heavy atom. The molecule has 3 heterocycles. The van der Waals surface area contributed by atoms with E-state index in [0.717, 1.165) is 47.6 Å². The zero-order valence-electron chi connectivity index (χ0n) is 12.3. The molecule has 0 aliphatic heterocycles. The van der Waals surface area contributed by atoms with Crippen molar-refractivity contribution >= 4 is 17.4 Å². The van der Waals surface area contributed by atoms with Gasteiger partial charge in [-0.05, 0) is 38.3 Å². The number of aromatic amines is 1. The quantitative estimate of drug-likeness (QED) is 0.596. The lowest BCUT2D eigenvalue weighted by Crippen LogP contribution is -2.14. The van der Waals surface area contributed by atoms with Gasteiger partial charge in [-0.25, -0.2) is 9.97 Å². The summed E-state index contributed by atoms with van der Waals surface area (Å²) in [6.45, 7) is 2.06. The Balaban J connectivity index is 1.58. The second-order valence-electron chi connectivity index (χ2n) is 5.57. The van der Waals surface area contributed by atoms with Crippen molar-refractivity contribution in [3.05, 3.63) is 57.4 Å². The van der Waals surface area contributed by atoms with E-state index >= 15 is 0 Å². The van der Waals surface area contributed by atoms with E-state index in [4.69, 9.17) is 0 Å². The number of pyridine rings is 1. The Bertz CT molecular complexity index is 912. The number of fused-ring (bicyclic) bond motifs is 2. The van der Waals surface area contributed by atoms with Crippen LogP contribution in [-0.2, 0) is 18.6 Å². The van der Waals surface area contributed by atoms with E-state index < -0.39 is 0 Å². The monoisotopic (exact) mass is 312 g/mol. The number of aromatic nitrogens is 4. The molecule has 5 nitrogen and oxygen atoms in total. The van der Waals surface area contributed by atoms with E-state index in [2.05, 4.69) is 32.3 Å². The predicted molar refractivity (Wildman–Crippen MR) is 86.4 cm³/mol. The van der Waals surface area contributed by atoms with Gasteiger partial charge >= 0.3 is 0 Å². The van der Waals surface area contributed by atoms with Crippen LogP contribution in [0.4, 0.5) is 0 Å². The molecule has 0 spiro atoms. The standard InChI is InChI=1S/C16H16N4OS/c1-10-4-2-7-14-17-11(8-20(10)14)9-22-16-18-13-6-3-5-12(13)15(21)19-16/h2,4,7-8H,3,5-6,9H2,1H3,(H,18,19,21). The highest BCUT2D eigenvalue weighted by Crippen LogP contribution is 2.22. The maximum absolute atomic E-state index is 12.0. The van der Waals surface area contributed by atoms with Gasteiger partial charge in [0.1, 0.15) is 5.65 Å². The lowest BCUT2D eigenvalue weighted by Gasteiger charge is -2.02. The Hall–Kier alpha value is -2.08. The summed E-state index contributed by atoms with van der Waals surface area (Å²) in [5.74, 6) is 0.697. The first-order valence-electron chi connectivity index (χ1n) is 7.39. The molecule has 0 unspecified atom stereocenters. The summed E-state index contributed by atoms with van der Waals surface area (Å²) in [5.41, 5.74) is 4.96. The highest BCUT2D eigenvalue weighted by atomic mass is 32.2. The zero-order chi connectivity index (χ0) is 15.1. The first-order chi connectivity index (χ1) is 10.7. The van der Waals surface area contributed by atoms with E-state index in [1.54, 1.807) is 0 Å². The summed E-state index contributed by atoms with van der Waals surface area (Å²) in [7, 11) is 0. The minimum Gasteiger partial charge on any atom is -0.304 e. The third-order valence-corrected chi connectivity index (χ3v) is 4.93. The minimum atomic E-state index is 0.0239. The molecule has 0 amide bonds. The molecular weight excluding hydrogens is 296 g/mol. The largest absolute Gasteiger partial charge is 0.304 e. The molecule has 6 heteroatoms. The molecule has 1 aliphatic carbocycles. The van der Waals surface area contributed by atoms with Gasteiger partial charge in [-0.2, -0.15) is 0 Å². The van der Waals surface area contributed by atoms with Gasteiger partial charge in [0.15, 0.2) is 5.16 Å². The molecule has 0 saturated heterocycles. The minimum absolute atomic E-state index is 0.0239. The molecule has 0 aromatic carbocycles. The lowest BCUT2D eigenvalue weighted by atomic mass is 10.3. The van der Waals surface area contributed by atoms with Gasteiger partial charge in [-0.3, -0.25) is 4.79 Å². The molecule has 0 atom stereocenters. The van der Waals surface area contributed by atoms with Gasteiger partial charge in [-0.15, -0.1) is 0 Å². The van der Waals surface area contributed by atoms with Crippen molar-refractivity contribution in [3.8, 4) is 0 Å². The van der Waals surface area contributed by atoms with E-state index in [9.17, 15) is 4.79 Å². The zero-order valence-corrected chi connectivity index (χ0v) is 13.1. The lowest BCUT2D eigenvalue weighted by molar-refractivity contribution is 0.869. The van der Waals surface area contributed by atoms with Crippen molar-refractivity contribution in [2.24, 2.45) is 0 Å². The molecule has 0 bridgehead atoms. The molecule has 0 fully saturated rings. The first-order valence-corrected chi connectivity index (χ1v) is 8.38. The van der Waals surface area contributed by atoms with Crippen LogP contribution >= 0.6 is 11.8 Å². The van der Waals surface area contributed by atoms with Crippen LogP contribution in [0.1, 0.15) is 29.1 Å². The summed E-state index contributed by atoms with van der Waals surface area (Å²) in [4.78, 5) is 24.1. The van der Waals surface area contributed by atoms with Crippen LogP contribution in [0.2, 0.25) is 0 Å². The van der Waals surface area contributed by atoms with Crippen molar-refractivity contribution in [3.63, 3.8) is 0 Å². The van der Waals surface area contributed by atoms with Crippen molar-refractivity contribution in [1.82, 2.24) is 19.4 Å². The second-order valence-corrected chi connectivity index (χ2v) is 6.53. The van der Waals surface area contributed by atoms with Crippen molar-refractivity contribution < 1.29 is 0 Å². The smallest absolute Gasteiger partial charge is 0.254 e. The molecule has 1 N–H and O–H groups in total. The van der Waals surface area contributed by atoms with E-state index in [1.807, 2.05) is 18.3 Å². The number of thioether (sulfide) groups is 1. The third kappa shape index (κ3) is 2.33. The molecule has 4 rings (SSSR count). The molecule has 3 aromatic rings. The normalized spacial score (nSPS) is 13.7. The molecule has 3 aromatic heterocycles. The van der Waals surface area contributed by atoms with E-state index in [1.165, 1.54) is 11.8 Å². The van der Waals surface area contributed by atoms with Gasteiger partial charge in [0.25, 0.3) is 5.56 Å². The molecule has 1 aliphatic rings. The molecular formula is C16H16N4OS.